The van der Waals surface area contributed by atoms with Crippen molar-refractivity contribution in [2.45, 2.75) is 73.4 Å². The van der Waals surface area contributed by atoms with Crippen molar-refractivity contribution in [3.05, 3.63) is 0 Å². The van der Waals surface area contributed by atoms with Crippen LogP contribution in [0.25, 0.3) is 0 Å². The maximum absolute atomic E-state index is 2.57. The SMILES string of the molecule is CC.CCCN(C(C)C)C(C)CC. The summed E-state index contributed by atoms with van der Waals surface area (Å²) in [5.41, 5.74) is 0. The average molecular weight is 187 g/mol. The van der Waals surface area contributed by atoms with E-state index in [1.54, 1.807) is 0 Å². The van der Waals surface area contributed by atoms with Crippen molar-refractivity contribution in [2.75, 3.05) is 6.54 Å². The minimum Gasteiger partial charge on any atom is -0.298 e. The molecule has 0 saturated heterocycles. The first kappa shape index (κ1) is 15.4. The van der Waals surface area contributed by atoms with Crippen molar-refractivity contribution < 1.29 is 0 Å². The lowest BCUT2D eigenvalue weighted by Gasteiger charge is -2.31. The van der Waals surface area contributed by atoms with Crippen LogP contribution in [0.3, 0.4) is 0 Å². The molecule has 0 aromatic rings. The Balaban J connectivity index is 0. The van der Waals surface area contributed by atoms with Crippen molar-refractivity contribution in [3.63, 3.8) is 0 Å². The summed E-state index contributed by atoms with van der Waals surface area (Å²) in [5.74, 6) is 0. The Labute approximate surface area is 85.5 Å². The molecule has 0 heterocycles. The van der Waals surface area contributed by atoms with Gasteiger partial charge in [-0.1, -0.05) is 27.7 Å². The molecule has 0 amide bonds. The predicted octanol–water partition coefficient (Wildman–Crippen LogP) is 3.93. The number of hydrogen-bond donors (Lipinski definition) is 0. The molecule has 13 heavy (non-hydrogen) atoms. The lowest BCUT2D eigenvalue weighted by atomic mass is 10.1. The number of nitrogens with zero attached hydrogens (tertiary/aromatic N) is 1. The van der Waals surface area contributed by atoms with E-state index >= 15 is 0 Å². The smallest absolute Gasteiger partial charge is 0.00670 e. The summed E-state index contributed by atoms with van der Waals surface area (Å²) in [6.45, 7) is 16.6. The van der Waals surface area contributed by atoms with Gasteiger partial charge in [-0.3, -0.25) is 4.90 Å². The van der Waals surface area contributed by atoms with Crippen molar-refractivity contribution in [1.82, 2.24) is 4.90 Å². The van der Waals surface area contributed by atoms with Crippen molar-refractivity contribution in [3.8, 4) is 0 Å². The van der Waals surface area contributed by atoms with Crippen molar-refractivity contribution in [2.24, 2.45) is 0 Å². The molecular weight excluding hydrogens is 158 g/mol. The van der Waals surface area contributed by atoms with Crippen LogP contribution in [0.2, 0.25) is 0 Å². The summed E-state index contributed by atoms with van der Waals surface area (Å²) >= 11 is 0. The van der Waals surface area contributed by atoms with Gasteiger partial charge in [0.2, 0.25) is 0 Å². The van der Waals surface area contributed by atoms with E-state index in [4.69, 9.17) is 0 Å². The van der Waals surface area contributed by atoms with Gasteiger partial charge >= 0.3 is 0 Å². The van der Waals surface area contributed by atoms with Gasteiger partial charge in [0.25, 0.3) is 0 Å². The van der Waals surface area contributed by atoms with Gasteiger partial charge in [-0.2, -0.15) is 0 Å². The molecule has 0 N–H and O–H groups in total. The molecule has 82 valence electrons. The zero-order valence-electron chi connectivity index (χ0n) is 10.7. The highest BCUT2D eigenvalue weighted by Gasteiger charge is 2.13. The van der Waals surface area contributed by atoms with E-state index in [2.05, 4.69) is 39.5 Å². The summed E-state index contributed by atoms with van der Waals surface area (Å²) in [5, 5.41) is 0. The molecule has 0 fully saturated rings. The second-order valence-electron chi connectivity index (χ2n) is 3.59. The molecule has 1 nitrogen and oxygen atoms in total. The molecule has 0 aliphatic heterocycles. The van der Waals surface area contributed by atoms with Crippen LogP contribution < -0.4 is 0 Å². The third-order valence-corrected chi connectivity index (χ3v) is 2.30. The first-order valence-electron chi connectivity index (χ1n) is 5.89. The van der Waals surface area contributed by atoms with Gasteiger partial charge in [0, 0.05) is 12.1 Å². The fraction of sp³-hybridized carbons (Fsp3) is 1.00. The van der Waals surface area contributed by atoms with E-state index in [1.807, 2.05) is 13.8 Å². The van der Waals surface area contributed by atoms with E-state index in [-0.39, 0.29) is 0 Å². The predicted molar refractivity (Wildman–Crippen MR) is 63.2 cm³/mol. The molecule has 1 unspecified atom stereocenters. The molecule has 1 atom stereocenters. The van der Waals surface area contributed by atoms with Gasteiger partial charge in [-0.25, -0.2) is 0 Å². The highest BCUT2D eigenvalue weighted by molar-refractivity contribution is 4.68. The molecule has 0 radical (unpaired) electrons. The monoisotopic (exact) mass is 187 g/mol. The van der Waals surface area contributed by atoms with E-state index in [9.17, 15) is 0 Å². The minimum absolute atomic E-state index is 0.699. The third kappa shape index (κ3) is 7.06. The molecule has 0 spiro atoms. The highest BCUT2D eigenvalue weighted by atomic mass is 15.2. The zero-order chi connectivity index (χ0) is 10.9. The molecular formula is C12H29N. The third-order valence-electron chi connectivity index (χ3n) is 2.30. The van der Waals surface area contributed by atoms with Crippen LogP contribution in [0.4, 0.5) is 0 Å². The Bertz CT molecular complexity index is 89.1. The van der Waals surface area contributed by atoms with Crippen molar-refractivity contribution in [1.29, 1.82) is 0 Å². The summed E-state index contributed by atoms with van der Waals surface area (Å²) < 4.78 is 0. The van der Waals surface area contributed by atoms with Crippen LogP contribution in [-0.4, -0.2) is 23.5 Å². The average Bonchev–Trinajstić information content (AvgIpc) is 2.15. The highest BCUT2D eigenvalue weighted by Crippen LogP contribution is 2.08. The second kappa shape index (κ2) is 10.0. The number of rotatable bonds is 5. The van der Waals surface area contributed by atoms with Gasteiger partial charge in [-0.15, -0.1) is 0 Å². The van der Waals surface area contributed by atoms with Gasteiger partial charge in [0.15, 0.2) is 0 Å². The molecule has 0 rings (SSSR count). The summed E-state index contributed by atoms with van der Waals surface area (Å²) in [6, 6.07) is 1.44. The summed E-state index contributed by atoms with van der Waals surface area (Å²) in [4.78, 5) is 2.57. The Morgan fingerprint density at radius 2 is 1.46 bits per heavy atom. The molecule has 0 bridgehead atoms. The summed E-state index contributed by atoms with van der Waals surface area (Å²) in [6.07, 6.45) is 2.53. The van der Waals surface area contributed by atoms with Gasteiger partial charge < -0.3 is 0 Å². The zero-order valence-corrected chi connectivity index (χ0v) is 10.7. The van der Waals surface area contributed by atoms with Crippen LogP contribution in [0.1, 0.15) is 61.3 Å². The quantitative estimate of drug-likeness (QED) is 0.630. The lowest BCUT2D eigenvalue weighted by molar-refractivity contribution is 0.160. The topological polar surface area (TPSA) is 3.24 Å². The van der Waals surface area contributed by atoms with Crippen molar-refractivity contribution >= 4 is 0 Å². The van der Waals surface area contributed by atoms with Crippen LogP contribution in [0, 0.1) is 0 Å². The molecule has 1 heteroatoms. The van der Waals surface area contributed by atoms with E-state index in [0.29, 0.717) is 6.04 Å². The van der Waals surface area contributed by atoms with Gasteiger partial charge in [0.05, 0.1) is 0 Å². The van der Waals surface area contributed by atoms with Gasteiger partial charge in [-0.05, 0) is 40.2 Å². The van der Waals surface area contributed by atoms with Crippen LogP contribution >= 0.6 is 0 Å². The van der Waals surface area contributed by atoms with Gasteiger partial charge in [0.1, 0.15) is 0 Å². The Morgan fingerprint density at radius 3 is 1.69 bits per heavy atom. The minimum atomic E-state index is 0.699. The maximum Gasteiger partial charge on any atom is 0.00670 e. The molecule has 0 aromatic heterocycles. The van der Waals surface area contributed by atoms with Crippen LogP contribution in [-0.2, 0) is 0 Å². The standard InChI is InChI=1S/C10H23N.C2H6/c1-6-8-11(9(3)4)10(5)7-2;1-2/h9-10H,6-8H2,1-5H3;1-2H3. The van der Waals surface area contributed by atoms with E-state index in [0.717, 1.165) is 6.04 Å². The first-order chi connectivity index (χ1) is 6.13. The van der Waals surface area contributed by atoms with E-state index in [1.165, 1.54) is 19.4 Å². The fourth-order valence-electron chi connectivity index (χ4n) is 1.48. The second-order valence-corrected chi connectivity index (χ2v) is 3.59. The Kier molecular flexibility index (Phi) is 11.9. The first-order valence-corrected chi connectivity index (χ1v) is 5.89. The number of hydrogen-bond acceptors (Lipinski definition) is 1. The summed E-state index contributed by atoms with van der Waals surface area (Å²) in [7, 11) is 0. The molecule has 0 saturated carbocycles. The van der Waals surface area contributed by atoms with E-state index < -0.39 is 0 Å². The molecule has 0 aromatic carbocycles. The maximum atomic E-state index is 2.57. The lowest BCUT2D eigenvalue weighted by Crippen LogP contribution is -2.38. The fourth-order valence-corrected chi connectivity index (χ4v) is 1.48. The largest absolute Gasteiger partial charge is 0.298 e. The normalized spacial score (nSPS) is 12.7. The van der Waals surface area contributed by atoms with Crippen LogP contribution in [0.5, 0.6) is 0 Å². The Hall–Kier alpha value is -0.0400. The Morgan fingerprint density at radius 1 is 1.00 bits per heavy atom. The van der Waals surface area contributed by atoms with Crippen LogP contribution in [0.15, 0.2) is 0 Å². The molecule has 0 aliphatic carbocycles. The molecule has 0 aliphatic rings.